The molecule has 3 N–H and O–H groups in total. The number of methoxy groups -OCH3 is 1. The molecule has 2 aromatic rings. The third-order valence-corrected chi connectivity index (χ3v) is 4.48. The highest BCUT2D eigenvalue weighted by Crippen LogP contribution is 2.31. The summed E-state index contributed by atoms with van der Waals surface area (Å²) in [5, 5.41) is 2.95. The van der Waals surface area contributed by atoms with Gasteiger partial charge in [-0.2, -0.15) is 0 Å². The van der Waals surface area contributed by atoms with Crippen LogP contribution in [-0.4, -0.2) is 47.5 Å². The average Bonchev–Trinajstić information content (AvgIpc) is 3.17. The number of carbonyl (C=O) groups excluding carboxylic acids is 1. The first-order chi connectivity index (χ1) is 12.2. The van der Waals surface area contributed by atoms with Crippen molar-refractivity contribution >= 4 is 11.7 Å². The van der Waals surface area contributed by atoms with E-state index in [-0.39, 0.29) is 23.5 Å². The smallest absolute Gasteiger partial charge is 0.273 e. The van der Waals surface area contributed by atoms with Crippen molar-refractivity contribution < 1.29 is 9.53 Å². The van der Waals surface area contributed by atoms with Gasteiger partial charge in [-0.1, -0.05) is 18.2 Å². The van der Waals surface area contributed by atoms with E-state index in [1.165, 1.54) is 12.4 Å². The molecule has 3 rings (SSSR count). The van der Waals surface area contributed by atoms with Gasteiger partial charge >= 0.3 is 0 Å². The maximum absolute atomic E-state index is 12.4. The molecule has 0 spiro atoms. The second-order valence-corrected chi connectivity index (χ2v) is 6.00. The molecule has 0 bridgehead atoms. The van der Waals surface area contributed by atoms with E-state index >= 15 is 0 Å². The SMILES string of the molecule is COc1ccccc1C(CNC(=O)c1nccnc1N)N1CCCC1. The van der Waals surface area contributed by atoms with E-state index in [9.17, 15) is 4.79 Å². The standard InChI is InChI=1S/C18H23N5O2/c1-25-15-7-3-2-6-13(15)14(23-10-4-5-11-23)12-22-18(24)16-17(19)21-9-8-20-16/h2-3,6-9,14H,4-5,10-12H2,1H3,(H2,19,21)(H,22,24). The summed E-state index contributed by atoms with van der Waals surface area (Å²) in [7, 11) is 1.67. The van der Waals surface area contributed by atoms with Crippen LogP contribution in [0.1, 0.15) is 34.9 Å². The quantitative estimate of drug-likeness (QED) is 0.829. The molecule has 2 heterocycles. The second-order valence-electron chi connectivity index (χ2n) is 6.00. The largest absolute Gasteiger partial charge is 0.496 e. The van der Waals surface area contributed by atoms with E-state index in [1.54, 1.807) is 7.11 Å². The van der Waals surface area contributed by atoms with Crippen molar-refractivity contribution in [3.8, 4) is 5.75 Å². The summed E-state index contributed by atoms with van der Waals surface area (Å²) >= 11 is 0. The van der Waals surface area contributed by atoms with Crippen molar-refractivity contribution in [1.29, 1.82) is 0 Å². The lowest BCUT2D eigenvalue weighted by atomic mass is 10.0. The lowest BCUT2D eigenvalue weighted by molar-refractivity contribution is 0.0933. The number of likely N-dealkylation sites (tertiary alicyclic amines) is 1. The van der Waals surface area contributed by atoms with Crippen molar-refractivity contribution in [3.05, 3.63) is 47.9 Å². The number of hydrogen-bond donors (Lipinski definition) is 2. The molecule has 1 saturated heterocycles. The van der Waals surface area contributed by atoms with E-state index in [0.717, 1.165) is 37.2 Å². The Morgan fingerprint density at radius 1 is 1.28 bits per heavy atom. The van der Waals surface area contributed by atoms with Gasteiger partial charge in [0, 0.05) is 24.5 Å². The average molecular weight is 341 g/mol. The molecule has 7 heteroatoms. The highest BCUT2D eigenvalue weighted by atomic mass is 16.5. The molecule has 1 fully saturated rings. The van der Waals surface area contributed by atoms with Crippen LogP contribution in [0.4, 0.5) is 5.82 Å². The number of aromatic nitrogens is 2. The molecular formula is C18H23N5O2. The predicted molar refractivity (Wildman–Crippen MR) is 95.3 cm³/mol. The minimum atomic E-state index is -0.315. The molecule has 1 aromatic heterocycles. The number of nitrogen functional groups attached to an aromatic ring is 1. The zero-order valence-electron chi connectivity index (χ0n) is 14.3. The summed E-state index contributed by atoms with van der Waals surface area (Å²) in [5.41, 5.74) is 6.97. The maximum Gasteiger partial charge on any atom is 0.273 e. The number of anilines is 1. The van der Waals surface area contributed by atoms with Crippen molar-refractivity contribution in [3.63, 3.8) is 0 Å². The number of para-hydroxylation sites is 1. The van der Waals surface area contributed by atoms with Crippen molar-refractivity contribution in [2.45, 2.75) is 18.9 Å². The van der Waals surface area contributed by atoms with Gasteiger partial charge in [0.25, 0.3) is 5.91 Å². The molecule has 1 amide bonds. The molecule has 1 aromatic carbocycles. The third-order valence-electron chi connectivity index (χ3n) is 4.48. The molecule has 0 aliphatic carbocycles. The van der Waals surface area contributed by atoms with Crippen LogP contribution in [0.5, 0.6) is 5.75 Å². The fraction of sp³-hybridized carbons (Fsp3) is 0.389. The van der Waals surface area contributed by atoms with Crippen LogP contribution in [0, 0.1) is 0 Å². The minimum absolute atomic E-state index is 0.0421. The first-order valence-corrected chi connectivity index (χ1v) is 8.42. The molecule has 1 aliphatic rings. The van der Waals surface area contributed by atoms with Crippen LogP contribution in [0.25, 0.3) is 0 Å². The summed E-state index contributed by atoms with van der Waals surface area (Å²) in [6.45, 7) is 2.47. The Morgan fingerprint density at radius 2 is 2.00 bits per heavy atom. The van der Waals surface area contributed by atoms with Crippen molar-refractivity contribution in [2.75, 3.05) is 32.5 Å². The van der Waals surface area contributed by atoms with Gasteiger partial charge in [0.05, 0.1) is 13.2 Å². The van der Waals surface area contributed by atoms with E-state index in [0.29, 0.717) is 6.54 Å². The minimum Gasteiger partial charge on any atom is -0.496 e. The Hall–Kier alpha value is -2.67. The normalized spacial score (nSPS) is 15.7. The van der Waals surface area contributed by atoms with Gasteiger partial charge in [-0.3, -0.25) is 9.69 Å². The summed E-state index contributed by atoms with van der Waals surface area (Å²) in [6, 6.07) is 7.97. The van der Waals surface area contributed by atoms with Gasteiger partial charge in [-0.05, 0) is 32.0 Å². The van der Waals surface area contributed by atoms with Gasteiger partial charge in [0.2, 0.25) is 0 Å². The van der Waals surface area contributed by atoms with Crippen LogP contribution in [0.3, 0.4) is 0 Å². The first-order valence-electron chi connectivity index (χ1n) is 8.42. The summed E-state index contributed by atoms with van der Waals surface area (Å²) in [5.74, 6) is 0.646. The molecule has 7 nitrogen and oxygen atoms in total. The molecule has 1 atom stereocenters. The number of nitrogens with two attached hydrogens (primary N) is 1. The Labute approximate surface area is 147 Å². The summed E-state index contributed by atoms with van der Waals surface area (Å²) in [6.07, 6.45) is 5.25. The summed E-state index contributed by atoms with van der Waals surface area (Å²) in [4.78, 5) is 22.7. The molecule has 25 heavy (non-hydrogen) atoms. The van der Waals surface area contributed by atoms with Crippen LogP contribution < -0.4 is 15.8 Å². The molecule has 1 unspecified atom stereocenters. The van der Waals surface area contributed by atoms with Crippen LogP contribution in [0.2, 0.25) is 0 Å². The third kappa shape index (κ3) is 3.88. The number of amides is 1. The zero-order valence-corrected chi connectivity index (χ0v) is 14.3. The highest BCUT2D eigenvalue weighted by Gasteiger charge is 2.26. The molecule has 0 radical (unpaired) electrons. The number of rotatable bonds is 6. The van der Waals surface area contributed by atoms with Gasteiger partial charge in [-0.25, -0.2) is 9.97 Å². The molecular weight excluding hydrogens is 318 g/mol. The van der Waals surface area contributed by atoms with Crippen molar-refractivity contribution in [2.24, 2.45) is 0 Å². The summed E-state index contributed by atoms with van der Waals surface area (Å²) < 4.78 is 5.51. The zero-order chi connectivity index (χ0) is 17.6. The fourth-order valence-electron chi connectivity index (χ4n) is 3.23. The number of benzene rings is 1. The van der Waals surface area contributed by atoms with E-state index in [2.05, 4.69) is 20.2 Å². The Kier molecular flexibility index (Phi) is 5.45. The Morgan fingerprint density at radius 3 is 2.72 bits per heavy atom. The Bertz CT molecular complexity index is 731. The van der Waals surface area contributed by atoms with Crippen LogP contribution in [0.15, 0.2) is 36.7 Å². The van der Waals surface area contributed by atoms with Gasteiger partial charge in [0.15, 0.2) is 11.5 Å². The highest BCUT2D eigenvalue weighted by molar-refractivity contribution is 5.96. The lowest BCUT2D eigenvalue weighted by Crippen LogP contribution is -2.37. The van der Waals surface area contributed by atoms with Gasteiger partial charge in [-0.15, -0.1) is 0 Å². The van der Waals surface area contributed by atoms with E-state index < -0.39 is 0 Å². The first kappa shape index (κ1) is 17.2. The topological polar surface area (TPSA) is 93.4 Å². The monoisotopic (exact) mass is 341 g/mol. The predicted octanol–water partition coefficient (Wildman–Crippen LogP) is 1.63. The van der Waals surface area contributed by atoms with E-state index in [4.69, 9.17) is 10.5 Å². The molecule has 1 aliphatic heterocycles. The number of hydrogen-bond acceptors (Lipinski definition) is 6. The fourth-order valence-corrected chi connectivity index (χ4v) is 3.23. The second kappa shape index (κ2) is 7.94. The van der Waals surface area contributed by atoms with Gasteiger partial charge in [0.1, 0.15) is 5.75 Å². The Balaban J connectivity index is 1.79. The van der Waals surface area contributed by atoms with Crippen LogP contribution in [-0.2, 0) is 0 Å². The lowest BCUT2D eigenvalue weighted by Gasteiger charge is -2.29. The van der Waals surface area contributed by atoms with Crippen LogP contribution >= 0.6 is 0 Å². The number of carbonyl (C=O) groups is 1. The number of nitrogens with one attached hydrogen (secondary N) is 1. The van der Waals surface area contributed by atoms with Gasteiger partial charge < -0.3 is 15.8 Å². The maximum atomic E-state index is 12.4. The number of nitrogens with zero attached hydrogens (tertiary/aromatic N) is 3. The van der Waals surface area contributed by atoms with Crippen molar-refractivity contribution in [1.82, 2.24) is 20.2 Å². The molecule has 132 valence electrons. The molecule has 0 saturated carbocycles. The van der Waals surface area contributed by atoms with E-state index in [1.807, 2.05) is 24.3 Å². The number of ether oxygens (including phenoxy) is 1.